The van der Waals surface area contributed by atoms with E-state index in [1.54, 1.807) is 6.08 Å². The van der Waals surface area contributed by atoms with Crippen LogP contribution in [0.15, 0.2) is 23.4 Å². The Morgan fingerprint density at radius 1 is 1.56 bits per heavy atom. The van der Waals surface area contributed by atoms with Gasteiger partial charge >= 0.3 is 5.97 Å². The van der Waals surface area contributed by atoms with Crippen LogP contribution in [0, 0.1) is 0 Å². The summed E-state index contributed by atoms with van der Waals surface area (Å²) in [6.07, 6.45) is 3.97. The number of rotatable bonds is 5. The lowest BCUT2D eigenvalue weighted by Gasteiger charge is -2.24. The van der Waals surface area contributed by atoms with Crippen molar-refractivity contribution in [3.63, 3.8) is 0 Å². The molecule has 0 bridgehead atoms. The Kier molecular flexibility index (Phi) is 4.52. The molecular formula is C11H18N2O3. The Bertz CT molecular complexity index is 323. The van der Waals surface area contributed by atoms with Crippen LogP contribution in [0.2, 0.25) is 0 Å². The fourth-order valence-corrected chi connectivity index (χ4v) is 1.50. The maximum absolute atomic E-state index is 10.3. The van der Waals surface area contributed by atoms with Gasteiger partial charge in [0.15, 0.2) is 0 Å². The maximum Gasteiger partial charge on any atom is 0.303 e. The van der Waals surface area contributed by atoms with E-state index in [9.17, 15) is 4.79 Å². The van der Waals surface area contributed by atoms with E-state index in [4.69, 9.17) is 21.3 Å². The predicted octanol–water partition coefficient (Wildman–Crippen LogP) is 0.366. The molecule has 16 heavy (non-hydrogen) atoms. The van der Waals surface area contributed by atoms with Crippen LogP contribution in [0.25, 0.3) is 0 Å². The molecule has 0 saturated carbocycles. The second-order valence-electron chi connectivity index (χ2n) is 3.88. The Labute approximate surface area is 94.8 Å². The van der Waals surface area contributed by atoms with Crippen molar-refractivity contribution in [2.24, 2.45) is 11.5 Å². The van der Waals surface area contributed by atoms with Crippen LogP contribution in [0.4, 0.5) is 0 Å². The number of nitrogens with two attached hydrogens (primary N) is 2. The highest BCUT2D eigenvalue weighted by Gasteiger charge is 2.19. The van der Waals surface area contributed by atoms with Crippen LogP contribution in [0.1, 0.15) is 19.8 Å². The Balaban J connectivity index is 2.36. The van der Waals surface area contributed by atoms with Gasteiger partial charge in [0.1, 0.15) is 0 Å². The fourth-order valence-electron chi connectivity index (χ4n) is 1.50. The molecule has 0 aromatic heterocycles. The zero-order valence-corrected chi connectivity index (χ0v) is 9.35. The van der Waals surface area contributed by atoms with E-state index in [0.717, 1.165) is 5.57 Å². The van der Waals surface area contributed by atoms with Crippen molar-refractivity contribution in [1.29, 1.82) is 0 Å². The number of carbonyl (C=O) groups is 1. The van der Waals surface area contributed by atoms with Gasteiger partial charge in [-0.15, -0.1) is 0 Å². The Morgan fingerprint density at radius 2 is 2.25 bits per heavy atom. The summed E-state index contributed by atoms with van der Waals surface area (Å²) in [4.78, 5) is 10.3. The normalized spacial score (nSPS) is 24.9. The van der Waals surface area contributed by atoms with Gasteiger partial charge < -0.3 is 21.3 Å². The molecule has 5 N–H and O–H groups in total. The van der Waals surface area contributed by atoms with Crippen molar-refractivity contribution in [2.75, 3.05) is 6.61 Å². The van der Waals surface area contributed by atoms with E-state index in [1.807, 2.05) is 13.0 Å². The molecule has 0 spiro atoms. The minimum atomic E-state index is -0.817. The van der Waals surface area contributed by atoms with Gasteiger partial charge in [-0.25, -0.2) is 0 Å². The quantitative estimate of drug-likeness (QED) is 0.588. The van der Waals surface area contributed by atoms with Gasteiger partial charge in [0, 0.05) is 18.7 Å². The molecule has 0 aromatic rings. The number of hydrogen-bond acceptors (Lipinski definition) is 4. The summed E-state index contributed by atoms with van der Waals surface area (Å²) >= 11 is 0. The molecule has 0 heterocycles. The van der Waals surface area contributed by atoms with Crippen LogP contribution in [0.5, 0.6) is 0 Å². The number of ether oxygens (including phenoxy) is 1. The Morgan fingerprint density at radius 3 is 2.88 bits per heavy atom. The first-order chi connectivity index (χ1) is 7.50. The first kappa shape index (κ1) is 12.7. The second kappa shape index (κ2) is 5.67. The van der Waals surface area contributed by atoms with Crippen molar-refractivity contribution >= 4 is 5.97 Å². The van der Waals surface area contributed by atoms with Crippen molar-refractivity contribution in [3.8, 4) is 0 Å². The van der Waals surface area contributed by atoms with Crippen molar-refractivity contribution in [1.82, 2.24) is 0 Å². The van der Waals surface area contributed by atoms with Crippen LogP contribution in [0.3, 0.4) is 0 Å². The predicted molar refractivity (Wildman–Crippen MR) is 60.6 cm³/mol. The first-order valence-electron chi connectivity index (χ1n) is 5.26. The maximum atomic E-state index is 10.3. The smallest absolute Gasteiger partial charge is 0.303 e. The van der Waals surface area contributed by atoms with E-state index < -0.39 is 5.97 Å². The molecule has 1 rings (SSSR count). The van der Waals surface area contributed by atoms with Crippen LogP contribution in [-0.2, 0) is 9.53 Å². The summed E-state index contributed by atoms with van der Waals surface area (Å²) in [5.74, 6) is -0.817. The topological polar surface area (TPSA) is 98.6 Å². The highest BCUT2D eigenvalue weighted by Crippen LogP contribution is 2.16. The van der Waals surface area contributed by atoms with Gasteiger partial charge in [-0.1, -0.05) is 6.08 Å². The molecule has 90 valence electrons. The summed E-state index contributed by atoms with van der Waals surface area (Å²) in [6, 6.07) is -0.211. The van der Waals surface area contributed by atoms with Gasteiger partial charge in [-0.05, 0) is 25.0 Å². The van der Waals surface area contributed by atoms with E-state index in [0.29, 0.717) is 18.7 Å². The first-order valence-corrected chi connectivity index (χ1v) is 5.26. The average Bonchev–Trinajstić information content (AvgIpc) is 2.19. The number of carboxylic acid groups (broad SMARTS) is 1. The van der Waals surface area contributed by atoms with Gasteiger partial charge in [0.2, 0.25) is 0 Å². The lowest BCUT2D eigenvalue weighted by atomic mass is 9.99. The summed E-state index contributed by atoms with van der Waals surface area (Å²) in [6.45, 7) is 2.27. The number of aliphatic carboxylic acids is 1. The third kappa shape index (κ3) is 3.67. The summed E-state index contributed by atoms with van der Waals surface area (Å²) in [5.41, 5.74) is 13.2. The summed E-state index contributed by atoms with van der Waals surface area (Å²) in [5, 5.41) is 8.46. The van der Waals surface area contributed by atoms with E-state index in [2.05, 4.69) is 0 Å². The van der Waals surface area contributed by atoms with Gasteiger partial charge in [-0.2, -0.15) is 0 Å². The van der Waals surface area contributed by atoms with E-state index >= 15 is 0 Å². The molecular weight excluding hydrogens is 208 g/mol. The number of allylic oxidation sites excluding steroid dienone is 1. The lowest BCUT2D eigenvalue weighted by molar-refractivity contribution is -0.137. The highest BCUT2D eigenvalue weighted by molar-refractivity contribution is 5.66. The zero-order valence-electron chi connectivity index (χ0n) is 9.35. The molecule has 5 heteroatoms. The highest BCUT2D eigenvalue weighted by atomic mass is 16.5. The zero-order chi connectivity index (χ0) is 12.1. The third-order valence-corrected chi connectivity index (χ3v) is 2.47. The summed E-state index contributed by atoms with van der Waals surface area (Å²) < 4.78 is 5.48. The number of carboxylic acids is 1. The molecule has 0 fully saturated rings. The van der Waals surface area contributed by atoms with Crippen molar-refractivity contribution in [3.05, 3.63) is 23.4 Å². The van der Waals surface area contributed by atoms with Crippen molar-refractivity contribution in [2.45, 2.75) is 31.9 Å². The van der Waals surface area contributed by atoms with E-state index in [-0.39, 0.29) is 18.6 Å². The monoisotopic (exact) mass is 226 g/mol. The molecule has 1 aliphatic rings. The van der Waals surface area contributed by atoms with Gasteiger partial charge in [0.25, 0.3) is 0 Å². The molecule has 0 saturated heterocycles. The van der Waals surface area contributed by atoms with Crippen LogP contribution in [-0.4, -0.2) is 29.8 Å². The molecule has 0 aromatic carbocycles. The molecule has 0 radical (unpaired) electrons. The lowest BCUT2D eigenvalue weighted by Crippen LogP contribution is -2.37. The van der Waals surface area contributed by atoms with Gasteiger partial charge in [-0.3, -0.25) is 4.79 Å². The Hall–Kier alpha value is -1.33. The van der Waals surface area contributed by atoms with Crippen LogP contribution < -0.4 is 11.5 Å². The molecule has 2 atom stereocenters. The average molecular weight is 226 g/mol. The molecule has 0 amide bonds. The molecule has 0 aliphatic heterocycles. The minimum absolute atomic E-state index is 0.107. The third-order valence-electron chi connectivity index (χ3n) is 2.47. The molecule has 1 aliphatic carbocycles. The van der Waals surface area contributed by atoms with Gasteiger partial charge in [0.05, 0.1) is 12.1 Å². The fraction of sp³-hybridized carbons (Fsp3) is 0.545. The molecule has 5 nitrogen and oxygen atoms in total. The largest absolute Gasteiger partial charge is 0.481 e. The number of hydrogen-bond donors (Lipinski definition) is 3. The second-order valence-corrected chi connectivity index (χ2v) is 3.88. The van der Waals surface area contributed by atoms with Crippen molar-refractivity contribution < 1.29 is 14.6 Å². The minimum Gasteiger partial charge on any atom is -0.481 e. The SMILES string of the molecule is CC1=CC(N)C(OCCCC(=O)O)C=C1N. The van der Waals surface area contributed by atoms with Crippen LogP contribution >= 0.6 is 0 Å². The summed E-state index contributed by atoms with van der Waals surface area (Å²) in [7, 11) is 0. The standard InChI is InChI=1S/C11H18N2O3/c1-7-5-9(13)10(6-8(7)12)16-4-2-3-11(14)15/h5-6,9-10H,2-4,12-13H2,1H3,(H,14,15). The van der Waals surface area contributed by atoms with E-state index in [1.165, 1.54) is 0 Å². The molecule has 2 unspecified atom stereocenters.